The van der Waals surface area contributed by atoms with Gasteiger partial charge in [-0.1, -0.05) is 24.8 Å². The third kappa shape index (κ3) is 3.01. The van der Waals surface area contributed by atoms with E-state index in [1.54, 1.807) is 6.92 Å². The molecular formula is C15H24O3. The molecule has 1 aliphatic carbocycles. The maximum absolute atomic E-state index is 12.2. The van der Waals surface area contributed by atoms with Gasteiger partial charge in [-0.25, -0.2) is 0 Å². The second-order valence-electron chi connectivity index (χ2n) is 5.53. The van der Waals surface area contributed by atoms with Gasteiger partial charge in [-0.2, -0.15) is 0 Å². The summed E-state index contributed by atoms with van der Waals surface area (Å²) in [6.07, 6.45) is 5.24. The fourth-order valence-corrected chi connectivity index (χ4v) is 3.16. The number of allylic oxidation sites excluding steroid dienone is 1. The van der Waals surface area contributed by atoms with E-state index in [2.05, 4.69) is 6.58 Å². The second-order valence-corrected chi connectivity index (χ2v) is 5.53. The van der Waals surface area contributed by atoms with Crippen molar-refractivity contribution in [3.63, 3.8) is 0 Å². The van der Waals surface area contributed by atoms with E-state index in [0.717, 1.165) is 37.7 Å². The van der Waals surface area contributed by atoms with Gasteiger partial charge in [-0.3, -0.25) is 9.59 Å². The van der Waals surface area contributed by atoms with Crippen LogP contribution >= 0.6 is 0 Å². The van der Waals surface area contributed by atoms with Crippen molar-refractivity contribution in [2.45, 2.75) is 52.4 Å². The van der Waals surface area contributed by atoms with Crippen LogP contribution < -0.4 is 0 Å². The molecule has 1 saturated carbocycles. The van der Waals surface area contributed by atoms with Crippen molar-refractivity contribution in [2.75, 3.05) is 7.11 Å². The largest absolute Gasteiger partial charge is 0.469 e. The lowest BCUT2D eigenvalue weighted by Crippen LogP contribution is -2.44. The van der Waals surface area contributed by atoms with Crippen LogP contribution in [0.1, 0.15) is 52.4 Å². The highest BCUT2D eigenvalue weighted by atomic mass is 16.5. The van der Waals surface area contributed by atoms with Gasteiger partial charge >= 0.3 is 5.97 Å². The molecule has 1 unspecified atom stereocenters. The van der Waals surface area contributed by atoms with E-state index in [1.165, 1.54) is 7.11 Å². The molecule has 102 valence electrons. The highest BCUT2D eigenvalue weighted by Crippen LogP contribution is 2.46. The van der Waals surface area contributed by atoms with E-state index in [0.29, 0.717) is 6.42 Å². The van der Waals surface area contributed by atoms with Crippen molar-refractivity contribution in [3.8, 4) is 0 Å². The number of ether oxygens (including phenoxy) is 1. The monoisotopic (exact) mass is 252 g/mol. The average molecular weight is 252 g/mol. The summed E-state index contributed by atoms with van der Waals surface area (Å²) in [5.41, 5.74) is 0.335. The Morgan fingerprint density at radius 3 is 2.17 bits per heavy atom. The molecule has 0 aromatic carbocycles. The quantitative estimate of drug-likeness (QED) is 0.557. The molecule has 0 bridgehead atoms. The first kappa shape index (κ1) is 14.9. The molecule has 1 rings (SSSR count). The third-order valence-corrected chi connectivity index (χ3v) is 4.05. The summed E-state index contributed by atoms with van der Waals surface area (Å²) >= 11 is 0. The van der Waals surface area contributed by atoms with E-state index in [4.69, 9.17) is 4.74 Å². The average Bonchev–Trinajstić information content (AvgIpc) is 2.35. The van der Waals surface area contributed by atoms with Gasteiger partial charge in [0.1, 0.15) is 5.78 Å². The van der Waals surface area contributed by atoms with Gasteiger partial charge in [0.15, 0.2) is 0 Å². The van der Waals surface area contributed by atoms with E-state index >= 15 is 0 Å². The Morgan fingerprint density at radius 1 is 1.22 bits per heavy atom. The molecule has 0 heterocycles. The molecule has 1 atom stereocenters. The van der Waals surface area contributed by atoms with Crippen LogP contribution in [-0.4, -0.2) is 18.9 Å². The van der Waals surface area contributed by atoms with Crippen LogP contribution in [0.2, 0.25) is 0 Å². The van der Waals surface area contributed by atoms with E-state index < -0.39 is 5.41 Å². The number of carbonyl (C=O) groups excluding carboxylic acids is 2. The molecule has 0 N–H and O–H groups in total. The molecular weight excluding hydrogens is 228 g/mol. The van der Waals surface area contributed by atoms with Crippen molar-refractivity contribution in [3.05, 3.63) is 12.2 Å². The smallest absolute Gasteiger partial charge is 0.312 e. The highest BCUT2D eigenvalue weighted by molar-refractivity contribution is 5.88. The van der Waals surface area contributed by atoms with E-state index in [9.17, 15) is 9.59 Å². The zero-order chi connectivity index (χ0) is 13.8. The van der Waals surface area contributed by atoms with Gasteiger partial charge in [0.05, 0.1) is 12.5 Å². The number of methoxy groups -OCH3 is 1. The minimum Gasteiger partial charge on any atom is -0.469 e. The van der Waals surface area contributed by atoms with Crippen molar-refractivity contribution in [1.29, 1.82) is 0 Å². The zero-order valence-corrected chi connectivity index (χ0v) is 11.8. The first-order valence-corrected chi connectivity index (χ1v) is 6.67. The normalized spacial score (nSPS) is 19.9. The predicted octanol–water partition coefficient (Wildman–Crippen LogP) is 3.28. The van der Waals surface area contributed by atoms with Crippen LogP contribution in [0.15, 0.2) is 12.2 Å². The summed E-state index contributed by atoms with van der Waals surface area (Å²) in [5.74, 6) is -0.420. The Morgan fingerprint density at radius 2 is 1.78 bits per heavy atom. The Bertz CT molecular complexity index is 338. The first-order chi connectivity index (χ1) is 8.44. The minimum absolute atomic E-state index is 0.0744. The topological polar surface area (TPSA) is 43.4 Å². The Labute approximate surface area is 110 Å². The molecule has 0 radical (unpaired) electrons. The maximum Gasteiger partial charge on any atom is 0.312 e. The van der Waals surface area contributed by atoms with Gasteiger partial charge in [0, 0.05) is 5.92 Å². The molecule has 0 aliphatic heterocycles. The molecule has 1 fully saturated rings. The summed E-state index contributed by atoms with van der Waals surface area (Å²) in [6.45, 7) is 7.37. The van der Waals surface area contributed by atoms with Crippen molar-refractivity contribution >= 4 is 11.8 Å². The molecule has 0 aromatic rings. The molecule has 3 heteroatoms. The second kappa shape index (κ2) is 6.17. The zero-order valence-electron chi connectivity index (χ0n) is 11.8. The summed E-state index contributed by atoms with van der Waals surface area (Å²) in [7, 11) is 1.41. The van der Waals surface area contributed by atoms with Crippen LogP contribution in [0.25, 0.3) is 0 Å². The molecule has 1 aliphatic rings. The summed E-state index contributed by atoms with van der Waals surface area (Å²) in [5, 5.41) is 0. The van der Waals surface area contributed by atoms with Crippen LogP contribution in [0, 0.1) is 11.3 Å². The third-order valence-electron chi connectivity index (χ3n) is 4.05. The van der Waals surface area contributed by atoms with Crippen LogP contribution in [-0.2, 0) is 14.3 Å². The minimum atomic E-state index is -0.613. The fourth-order valence-electron chi connectivity index (χ4n) is 3.16. The number of hydrogen-bond acceptors (Lipinski definition) is 3. The van der Waals surface area contributed by atoms with Gasteiger partial charge in [0.2, 0.25) is 0 Å². The van der Waals surface area contributed by atoms with E-state index in [1.807, 2.05) is 6.92 Å². The number of carbonyl (C=O) groups is 2. The van der Waals surface area contributed by atoms with E-state index in [-0.39, 0.29) is 17.7 Å². The maximum atomic E-state index is 12.2. The van der Waals surface area contributed by atoms with Gasteiger partial charge < -0.3 is 4.74 Å². The van der Waals surface area contributed by atoms with Gasteiger partial charge in [-0.05, 0) is 33.1 Å². The Hall–Kier alpha value is -1.12. The fraction of sp³-hybridized carbons (Fsp3) is 0.733. The van der Waals surface area contributed by atoms with Crippen molar-refractivity contribution in [2.24, 2.45) is 11.3 Å². The van der Waals surface area contributed by atoms with Crippen molar-refractivity contribution < 1.29 is 14.3 Å². The lowest BCUT2D eigenvalue weighted by atomic mass is 9.63. The highest BCUT2D eigenvalue weighted by Gasteiger charge is 2.48. The lowest BCUT2D eigenvalue weighted by Gasteiger charge is -2.40. The number of hydrogen-bond donors (Lipinski definition) is 0. The van der Waals surface area contributed by atoms with Gasteiger partial charge in [0.25, 0.3) is 0 Å². The molecule has 0 spiro atoms. The summed E-state index contributed by atoms with van der Waals surface area (Å²) in [6, 6.07) is 0. The standard InChI is InChI=1S/C15H24O3/c1-11(2)10-13(12(3)16)15(14(17)18-4)8-6-5-7-9-15/h13H,1,5-10H2,2-4H3. The number of rotatable bonds is 5. The van der Waals surface area contributed by atoms with Crippen LogP contribution in [0.3, 0.4) is 0 Å². The first-order valence-electron chi connectivity index (χ1n) is 6.67. The van der Waals surface area contributed by atoms with Crippen LogP contribution in [0.5, 0.6) is 0 Å². The summed E-state index contributed by atoms with van der Waals surface area (Å²) < 4.78 is 4.98. The summed E-state index contributed by atoms with van der Waals surface area (Å²) in [4.78, 5) is 24.2. The van der Waals surface area contributed by atoms with Gasteiger partial charge in [-0.15, -0.1) is 6.58 Å². The number of esters is 1. The Kier molecular flexibility index (Phi) is 5.12. The predicted molar refractivity (Wildman–Crippen MR) is 71.1 cm³/mol. The molecule has 18 heavy (non-hydrogen) atoms. The molecule has 3 nitrogen and oxygen atoms in total. The number of Topliss-reactive ketones (excluding diaryl/α,β-unsaturated/α-hetero) is 1. The number of ketones is 1. The SMILES string of the molecule is C=C(C)CC(C(C)=O)C1(C(=O)OC)CCCCC1. The molecule has 0 amide bonds. The molecule has 0 aromatic heterocycles. The van der Waals surface area contributed by atoms with Crippen molar-refractivity contribution in [1.82, 2.24) is 0 Å². The Balaban J connectivity index is 3.08. The van der Waals surface area contributed by atoms with Crippen LogP contribution in [0.4, 0.5) is 0 Å². The lowest BCUT2D eigenvalue weighted by molar-refractivity contribution is -0.162. The molecule has 0 saturated heterocycles.